The van der Waals surface area contributed by atoms with E-state index in [0.29, 0.717) is 0 Å². The Morgan fingerprint density at radius 2 is 0.569 bits per heavy atom. The van der Waals surface area contributed by atoms with Gasteiger partial charge >= 0.3 is 0 Å². The lowest BCUT2D eigenvalue weighted by Gasteiger charge is -2.46. The number of benzene rings is 16. The SMILES string of the molecule is c1ccc(-c2cccc(-c3ccccc3)c2N2c3cc4c(cc3B3c5cc6c(cc5N(c5c(-c7ccccc7)cccc5-c5ccccc5)c5c3c2cc2c5oc3ccccc32)C(c2ccccc2)(c2ccccc2)c2ccccc2-6)-c2ccccc2C4(c2ccccc2)c2ccccc2)cc1. The molecule has 2 aliphatic heterocycles. The van der Waals surface area contributed by atoms with E-state index in [1.165, 1.54) is 77.7 Å². The van der Waals surface area contributed by atoms with Gasteiger partial charge in [-0.15, -0.1) is 0 Å². The van der Waals surface area contributed by atoms with Crippen LogP contribution in [0.3, 0.4) is 0 Å². The van der Waals surface area contributed by atoms with Crippen molar-refractivity contribution >= 4 is 79.2 Å². The summed E-state index contributed by atoms with van der Waals surface area (Å²) in [6.45, 7) is -0.375. The first-order chi connectivity index (χ1) is 50.7. The third kappa shape index (κ3) is 8.20. The van der Waals surface area contributed by atoms with Gasteiger partial charge in [-0.2, -0.15) is 0 Å². The Morgan fingerprint density at radius 3 is 0.980 bits per heavy atom. The summed E-state index contributed by atoms with van der Waals surface area (Å²) in [5, 5.41) is 2.08. The molecule has 0 saturated heterocycles. The smallest absolute Gasteiger partial charge is 0.252 e. The molecule has 1 aromatic heterocycles. The summed E-state index contributed by atoms with van der Waals surface area (Å²) in [7, 11) is 0. The molecule has 2 aliphatic carbocycles. The first-order valence-electron chi connectivity index (χ1n) is 35.5. The van der Waals surface area contributed by atoms with Gasteiger partial charge in [0.1, 0.15) is 5.58 Å². The van der Waals surface area contributed by atoms with Crippen molar-refractivity contribution in [1.29, 1.82) is 0 Å². The maximum absolute atomic E-state index is 7.80. The van der Waals surface area contributed by atoms with Crippen LogP contribution in [-0.4, -0.2) is 6.71 Å². The highest BCUT2D eigenvalue weighted by Crippen LogP contribution is 2.63. The number of anilines is 6. The van der Waals surface area contributed by atoms with Crippen LogP contribution in [0, 0.1) is 0 Å². The van der Waals surface area contributed by atoms with Crippen molar-refractivity contribution in [1.82, 2.24) is 0 Å². The molecule has 0 amide bonds. The first kappa shape index (κ1) is 58.0. The van der Waals surface area contributed by atoms with Crippen molar-refractivity contribution in [2.75, 3.05) is 9.80 Å². The molecular weight excluding hydrogens is 1230 g/mol. The number of rotatable bonds is 10. The highest BCUT2D eigenvalue weighted by molar-refractivity contribution is 7.00. The lowest BCUT2D eigenvalue weighted by Crippen LogP contribution is -2.61. The second kappa shape index (κ2) is 22.8. The Bertz CT molecular complexity index is 5960. The molecule has 0 spiro atoms. The number of para-hydroxylation sites is 3. The van der Waals surface area contributed by atoms with Gasteiger partial charge in [0, 0.05) is 50.1 Å². The average molecular weight is 1300 g/mol. The van der Waals surface area contributed by atoms with E-state index in [0.717, 1.165) is 106 Å². The van der Waals surface area contributed by atoms with Crippen molar-refractivity contribution in [2.24, 2.45) is 0 Å². The van der Waals surface area contributed by atoms with Crippen molar-refractivity contribution in [3.8, 4) is 66.8 Å². The Kier molecular flexibility index (Phi) is 12.9. The standard InChI is InChI=1S/C98H63BN2O/c1-9-33-64(34-10-1)72-52-31-53-73(65-35-11-2-12-36-65)93(72)100-88-62-84-79(76-49-25-28-56-82(76)97(84,68-41-17-5-18-42-68)69-43-19-6-20-44-69)59-86(88)99-87-60-80-77-50-26-29-57-83(77)98(70-45-21-7-22-46-70,71-47-23-8-24-48-71)85(80)63-89(87)101(95-92(99)90(100)61-81-78-51-27-30-58-91(78)102-96(81)95)94-74(66-37-13-3-14-38-66)54-32-55-75(94)67-39-15-4-16-40-67/h1-63H. The van der Waals surface area contributed by atoms with Gasteiger partial charge in [0.15, 0.2) is 5.58 Å². The third-order valence-corrected chi connectivity index (χ3v) is 22.6. The minimum absolute atomic E-state index is 0.375. The highest BCUT2D eigenvalue weighted by Gasteiger charge is 2.54. The zero-order chi connectivity index (χ0) is 67.0. The largest absolute Gasteiger partial charge is 0.454 e. The molecule has 102 heavy (non-hydrogen) atoms. The lowest BCUT2D eigenvalue weighted by atomic mass is 9.33. The van der Waals surface area contributed by atoms with Crippen LogP contribution in [0.15, 0.2) is 387 Å². The predicted octanol–water partition coefficient (Wildman–Crippen LogP) is 23.1. The molecule has 3 heterocycles. The van der Waals surface area contributed by atoms with Gasteiger partial charge in [-0.1, -0.05) is 358 Å². The molecule has 474 valence electrons. The van der Waals surface area contributed by atoms with Crippen LogP contribution in [0.4, 0.5) is 34.1 Å². The molecule has 0 bridgehead atoms. The van der Waals surface area contributed by atoms with Crippen LogP contribution < -0.4 is 26.2 Å². The van der Waals surface area contributed by atoms with Crippen molar-refractivity contribution in [3.63, 3.8) is 0 Å². The molecular formula is C98H63BN2O. The molecule has 21 rings (SSSR count). The Morgan fingerprint density at radius 1 is 0.235 bits per heavy atom. The summed E-state index contributed by atoms with van der Waals surface area (Å²) < 4.78 is 7.80. The molecule has 16 aromatic carbocycles. The fraction of sp³-hybridized carbons (Fsp3) is 0.0204. The predicted molar refractivity (Wildman–Crippen MR) is 424 cm³/mol. The molecule has 4 aliphatic rings. The maximum atomic E-state index is 7.80. The van der Waals surface area contributed by atoms with Crippen LogP contribution in [0.25, 0.3) is 88.7 Å². The van der Waals surface area contributed by atoms with Gasteiger partial charge in [-0.05, 0) is 130 Å². The number of furan rings is 1. The van der Waals surface area contributed by atoms with E-state index in [1.807, 2.05) is 0 Å². The van der Waals surface area contributed by atoms with Crippen LogP contribution in [-0.2, 0) is 10.8 Å². The minimum atomic E-state index is -0.730. The van der Waals surface area contributed by atoms with E-state index in [2.05, 4.69) is 392 Å². The molecule has 4 heteroatoms. The summed E-state index contributed by atoms with van der Waals surface area (Å²) >= 11 is 0. The third-order valence-electron chi connectivity index (χ3n) is 22.6. The summed E-state index contributed by atoms with van der Waals surface area (Å²) in [6.07, 6.45) is 0. The molecule has 0 saturated carbocycles. The molecule has 0 radical (unpaired) electrons. The number of hydrogen-bond donors (Lipinski definition) is 0. The second-order valence-electron chi connectivity index (χ2n) is 27.6. The molecule has 0 atom stereocenters. The van der Waals surface area contributed by atoms with E-state index in [1.54, 1.807) is 0 Å². The van der Waals surface area contributed by atoms with Gasteiger partial charge in [0.25, 0.3) is 6.71 Å². The average Bonchev–Trinajstić information content (AvgIpc) is 1.34. The second-order valence-corrected chi connectivity index (χ2v) is 27.6. The van der Waals surface area contributed by atoms with Gasteiger partial charge in [-0.25, -0.2) is 0 Å². The van der Waals surface area contributed by atoms with Gasteiger partial charge in [-0.3, -0.25) is 0 Å². The van der Waals surface area contributed by atoms with Crippen LogP contribution in [0.1, 0.15) is 44.5 Å². The van der Waals surface area contributed by atoms with E-state index >= 15 is 0 Å². The molecule has 17 aromatic rings. The van der Waals surface area contributed by atoms with Crippen molar-refractivity contribution in [2.45, 2.75) is 10.8 Å². The normalized spacial score (nSPS) is 13.8. The number of hydrogen-bond acceptors (Lipinski definition) is 3. The summed E-state index contributed by atoms with van der Waals surface area (Å²) in [6, 6.07) is 144. The zero-order valence-corrected chi connectivity index (χ0v) is 55.8. The van der Waals surface area contributed by atoms with E-state index in [9.17, 15) is 0 Å². The fourth-order valence-corrected chi connectivity index (χ4v) is 18.5. The molecule has 3 nitrogen and oxygen atoms in total. The highest BCUT2D eigenvalue weighted by atomic mass is 16.3. The van der Waals surface area contributed by atoms with Gasteiger partial charge < -0.3 is 14.2 Å². The summed E-state index contributed by atoms with van der Waals surface area (Å²) in [5.41, 5.74) is 33.9. The Hall–Kier alpha value is -13.0. The topological polar surface area (TPSA) is 19.6 Å². The van der Waals surface area contributed by atoms with E-state index in [4.69, 9.17) is 4.42 Å². The molecule has 0 N–H and O–H groups in total. The fourth-order valence-electron chi connectivity index (χ4n) is 18.5. The lowest BCUT2D eigenvalue weighted by molar-refractivity contribution is 0.669. The van der Waals surface area contributed by atoms with Crippen LogP contribution >= 0.6 is 0 Å². The van der Waals surface area contributed by atoms with E-state index < -0.39 is 10.8 Å². The quantitative estimate of drug-likeness (QED) is 0.127. The summed E-state index contributed by atoms with van der Waals surface area (Å²) in [5.74, 6) is 0. The maximum Gasteiger partial charge on any atom is 0.252 e. The zero-order valence-electron chi connectivity index (χ0n) is 55.8. The monoisotopic (exact) mass is 1290 g/mol. The van der Waals surface area contributed by atoms with Crippen LogP contribution in [0.2, 0.25) is 0 Å². The number of nitrogens with zero attached hydrogens (tertiary/aromatic N) is 2. The van der Waals surface area contributed by atoms with Crippen molar-refractivity contribution in [3.05, 3.63) is 427 Å². The summed E-state index contributed by atoms with van der Waals surface area (Å²) in [4.78, 5) is 5.40. The first-order valence-corrected chi connectivity index (χ1v) is 35.5. The van der Waals surface area contributed by atoms with Gasteiger partial charge in [0.2, 0.25) is 0 Å². The van der Waals surface area contributed by atoms with Crippen molar-refractivity contribution < 1.29 is 4.42 Å². The van der Waals surface area contributed by atoms with Gasteiger partial charge in [0.05, 0.1) is 27.9 Å². The number of fused-ring (bicyclic) bond motifs is 14. The van der Waals surface area contributed by atoms with Crippen LogP contribution in [0.5, 0.6) is 0 Å². The Labute approximate surface area is 593 Å². The van der Waals surface area contributed by atoms with E-state index in [-0.39, 0.29) is 6.71 Å². The minimum Gasteiger partial charge on any atom is -0.454 e. The molecule has 0 unspecified atom stereocenters. The molecule has 0 fully saturated rings. The Balaban J connectivity index is 0.999.